The van der Waals surface area contributed by atoms with Gasteiger partial charge in [-0.05, 0) is 41.1 Å². The molecule has 8 heteroatoms. The molecule has 1 aromatic carbocycles. The standard InChI is InChI=1S/C13H14BrFN2O4/c1-7(13(20)21)17-11(18)4-5-16-12(19)9-6-8(15)2-3-10(9)14/h2-3,6-7H,4-5H2,1H3,(H,16,19)(H,17,18)(H,20,21)/t7-/m1/s1. The minimum absolute atomic E-state index is 0.0138. The lowest BCUT2D eigenvalue weighted by molar-refractivity contribution is -0.141. The minimum Gasteiger partial charge on any atom is -0.480 e. The molecule has 1 rings (SSSR count). The van der Waals surface area contributed by atoms with Gasteiger partial charge in [0.1, 0.15) is 11.9 Å². The summed E-state index contributed by atoms with van der Waals surface area (Å²) in [6.07, 6.45) is -0.0731. The number of amides is 2. The number of hydrogen-bond donors (Lipinski definition) is 3. The van der Waals surface area contributed by atoms with Gasteiger partial charge in [-0.1, -0.05) is 0 Å². The van der Waals surface area contributed by atoms with E-state index in [4.69, 9.17) is 5.11 Å². The third-order valence-corrected chi connectivity index (χ3v) is 3.25. The summed E-state index contributed by atoms with van der Waals surface area (Å²) in [5.74, 6) is -2.71. The van der Waals surface area contributed by atoms with Crippen molar-refractivity contribution in [1.82, 2.24) is 10.6 Å². The molecule has 0 fully saturated rings. The van der Waals surface area contributed by atoms with Gasteiger partial charge in [-0.15, -0.1) is 0 Å². The van der Waals surface area contributed by atoms with Crippen LogP contribution in [-0.4, -0.2) is 35.5 Å². The molecule has 0 aliphatic carbocycles. The first-order valence-corrected chi connectivity index (χ1v) is 6.86. The Labute approximate surface area is 128 Å². The van der Waals surface area contributed by atoms with E-state index in [0.29, 0.717) is 4.47 Å². The molecule has 0 aromatic heterocycles. The van der Waals surface area contributed by atoms with E-state index in [1.165, 1.54) is 19.1 Å². The number of rotatable bonds is 6. The Kier molecular flexibility index (Phi) is 6.29. The maximum absolute atomic E-state index is 13.1. The second-order valence-corrected chi connectivity index (χ2v) is 5.11. The smallest absolute Gasteiger partial charge is 0.325 e. The van der Waals surface area contributed by atoms with E-state index in [1.54, 1.807) is 0 Å². The Hall–Kier alpha value is -1.96. The Bertz CT molecular complexity index is 565. The average molecular weight is 361 g/mol. The highest BCUT2D eigenvalue weighted by Gasteiger charge is 2.15. The van der Waals surface area contributed by atoms with E-state index in [0.717, 1.165) is 6.07 Å². The quantitative estimate of drug-likeness (QED) is 0.712. The number of carboxylic acid groups (broad SMARTS) is 1. The normalized spacial score (nSPS) is 11.6. The summed E-state index contributed by atoms with van der Waals surface area (Å²) in [6.45, 7) is 1.35. The number of carboxylic acids is 1. The van der Waals surface area contributed by atoms with Gasteiger partial charge >= 0.3 is 5.97 Å². The fourth-order valence-corrected chi connectivity index (χ4v) is 1.86. The predicted molar refractivity (Wildman–Crippen MR) is 76.3 cm³/mol. The third-order valence-electron chi connectivity index (χ3n) is 2.56. The molecule has 3 N–H and O–H groups in total. The molecule has 0 saturated heterocycles. The van der Waals surface area contributed by atoms with Crippen LogP contribution in [0.2, 0.25) is 0 Å². The number of carbonyl (C=O) groups excluding carboxylic acids is 2. The van der Waals surface area contributed by atoms with Crippen LogP contribution in [0.25, 0.3) is 0 Å². The van der Waals surface area contributed by atoms with Crippen molar-refractivity contribution in [1.29, 1.82) is 0 Å². The molecular weight excluding hydrogens is 347 g/mol. The first-order valence-electron chi connectivity index (χ1n) is 6.06. The van der Waals surface area contributed by atoms with E-state index < -0.39 is 29.6 Å². The molecule has 21 heavy (non-hydrogen) atoms. The summed E-state index contributed by atoms with van der Waals surface area (Å²) in [7, 11) is 0. The summed E-state index contributed by atoms with van der Waals surface area (Å²) >= 11 is 3.13. The number of benzene rings is 1. The highest BCUT2D eigenvalue weighted by molar-refractivity contribution is 9.10. The van der Waals surface area contributed by atoms with E-state index in [2.05, 4.69) is 26.6 Å². The topological polar surface area (TPSA) is 95.5 Å². The Morgan fingerprint density at radius 3 is 2.67 bits per heavy atom. The van der Waals surface area contributed by atoms with Gasteiger partial charge in [0, 0.05) is 17.4 Å². The maximum atomic E-state index is 13.1. The largest absolute Gasteiger partial charge is 0.480 e. The summed E-state index contributed by atoms with van der Waals surface area (Å²) < 4.78 is 13.5. The number of hydrogen-bond acceptors (Lipinski definition) is 3. The van der Waals surface area contributed by atoms with Crippen LogP contribution in [0.1, 0.15) is 23.7 Å². The minimum atomic E-state index is -1.14. The van der Waals surface area contributed by atoms with E-state index in [9.17, 15) is 18.8 Å². The molecule has 2 amide bonds. The van der Waals surface area contributed by atoms with Crippen molar-refractivity contribution in [3.8, 4) is 0 Å². The molecule has 0 saturated carbocycles. The van der Waals surface area contributed by atoms with Gasteiger partial charge in [0.05, 0.1) is 5.56 Å². The second kappa shape index (κ2) is 7.72. The molecule has 0 radical (unpaired) electrons. The average Bonchev–Trinajstić information content (AvgIpc) is 2.41. The Balaban J connectivity index is 2.45. The van der Waals surface area contributed by atoms with Gasteiger partial charge < -0.3 is 15.7 Å². The van der Waals surface area contributed by atoms with Crippen molar-refractivity contribution in [2.45, 2.75) is 19.4 Å². The molecule has 0 spiro atoms. The first-order chi connectivity index (χ1) is 9.81. The van der Waals surface area contributed by atoms with Crippen molar-refractivity contribution >= 4 is 33.7 Å². The lowest BCUT2D eigenvalue weighted by Gasteiger charge is -2.10. The summed E-state index contributed by atoms with van der Waals surface area (Å²) in [5.41, 5.74) is 0.120. The van der Waals surface area contributed by atoms with Crippen molar-refractivity contribution < 1.29 is 23.9 Å². The number of halogens is 2. The van der Waals surface area contributed by atoms with E-state index in [1.807, 2.05) is 0 Å². The van der Waals surface area contributed by atoms with Crippen LogP contribution in [0.5, 0.6) is 0 Å². The molecule has 1 aromatic rings. The van der Waals surface area contributed by atoms with E-state index in [-0.39, 0.29) is 18.5 Å². The van der Waals surface area contributed by atoms with Crippen LogP contribution in [-0.2, 0) is 9.59 Å². The predicted octanol–water partition coefficient (Wildman–Crippen LogP) is 1.30. The molecule has 0 bridgehead atoms. The third kappa shape index (κ3) is 5.50. The zero-order valence-corrected chi connectivity index (χ0v) is 12.7. The van der Waals surface area contributed by atoms with Crippen LogP contribution >= 0.6 is 15.9 Å². The number of aliphatic carboxylic acids is 1. The van der Waals surface area contributed by atoms with E-state index >= 15 is 0 Å². The lowest BCUT2D eigenvalue weighted by atomic mass is 10.2. The SMILES string of the molecule is C[C@@H](NC(=O)CCNC(=O)c1cc(F)ccc1Br)C(=O)O. The monoisotopic (exact) mass is 360 g/mol. The van der Waals surface area contributed by atoms with Crippen molar-refractivity contribution in [2.24, 2.45) is 0 Å². The zero-order chi connectivity index (χ0) is 16.0. The molecule has 6 nitrogen and oxygen atoms in total. The van der Waals surface area contributed by atoms with Crippen molar-refractivity contribution in [3.63, 3.8) is 0 Å². The molecule has 0 unspecified atom stereocenters. The molecule has 114 valence electrons. The summed E-state index contributed by atoms with van der Waals surface area (Å²) in [6, 6.07) is 2.70. The van der Waals surface area contributed by atoms with Gasteiger partial charge in [0.15, 0.2) is 0 Å². The molecule has 0 heterocycles. The fraction of sp³-hybridized carbons (Fsp3) is 0.308. The van der Waals surface area contributed by atoms with Gasteiger partial charge in [-0.3, -0.25) is 14.4 Å². The summed E-state index contributed by atoms with van der Waals surface area (Å²) in [5, 5.41) is 13.3. The molecule has 0 aliphatic rings. The van der Waals surface area contributed by atoms with Crippen molar-refractivity contribution in [2.75, 3.05) is 6.54 Å². The Morgan fingerprint density at radius 2 is 2.05 bits per heavy atom. The van der Waals surface area contributed by atoms with Gasteiger partial charge in [0.25, 0.3) is 5.91 Å². The summed E-state index contributed by atoms with van der Waals surface area (Å²) in [4.78, 5) is 33.7. The molecular formula is C13H14BrFN2O4. The first kappa shape index (κ1) is 17.1. The zero-order valence-electron chi connectivity index (χ0n) is 11.2. The number of carbonyl (C=O) groups is 3. The Morgan fingerprint density at radius 1 is 1.38 bits per heavy atom. The lowest BCUT2D eigenvalue weighted by Crippen LogP contribution is -2.39. The van der Waals surface area contributed by atoms with Gasteiger partial charge in [-0.25, -0.2) is 4.39 Å². The van der Waals surface area contributed by atoms with Crippen LogP contribution in [0.3, 0.4) is 0 Å². The highest BCUT2D eigenvalue weighted by atomic mass is 79.9. The number of nitrogens with one attached hydrogen (secondary N) is 2. The molecule has 0 aliphatic heterocycles. The fourth-order valence-electron chi connectivity index (χ4n) is 1.43. The van der Waals surface area contributed by atoms with Gasteiger partial charge in [0.2, 0.25) is 5.91 Å². The van der Waals surface area contributed by atoms with Crippen LogP contribution < -0.4 is 10.6 Å². The van der Waals surface area contributed by atoms with Crippen molar-refractivity contribution in [3.05, 3.63) is 34.1 Å². The second-order valence-electron chi connectivity index (χ2n) is 4.26. The van der Waals surface area contributed by atoms with Crippen LogP contribution in [0.15, 0.2) is 22.7 Å². The maximum Gasteiger partial charge on any atom is 0.325 e. The highest BCUT2D eigenvalue weighted by Crippen LogP contribution is 2.17. The van der Waals surface area contributed by atoms with Crippen LogP contribution in [0, 0.1) is 5.82 Å². The van der Waals surface area contributed by atoms with Gasteiger partial charge in [-0.2, -0.15) is 0 Å². The van der Waals surface area contributed by atoms with Crippen LogP contribution in [0.4, 0.5) is 4.39 Å². The molecule has 1 atom stereocenters.